The first-order chi connectivity index (χ1) is 36.5. The highest BCUT2D eigenvalue weighted by Crippen LogP contribution is 2.17. The molecule has 74 heavy (non-hydrogen) atoms. The van der Waals surface area contributed by atoms with Crippen LogP contribution in [0.25, 0.3) is 0 Å². The van der Waals surface area contributed by atoms with Gasteiger partial charge in [-0.1, -0.05) is 298 Å². The number of unbranched alkanes of at least 4 members (excludes halogenated alkanes) is 33. The molecule has 0 saturated heterocycles. The molecule has 0 aromatic heterocycles. The minimum atomic E-state index is -0.828. The number of hydrogen-bond acceptors (Lipinski definition) is 6. The van der Waals surface area contributed by atoms with Gasteiger partial charge in [0.1, 0.15) is 13.2 Å². The van der Waals surface area contributed by atoms with Crippen molar-refractivity contribution in [3.8, 4) is 0 Å². The van der Waals surface area contributed by atoms with Crippen molar-refractivity contribution < 1.29 is 28.6 Å². The van der Waals surface area contributed by atoms with Crippen molar-refractivity contribution in [1.29, 1.82) is 0 Å². The SMILES string of the molecule is CC/C=C\C/C=C\C/C=C\C/C=C\C/C=C\CC(=O)OC(COC(=O)CCCCCCCCCCCCCC)COC(=O)CCCCCCCCCCCCCCCCCCC/C=C\C/C=C\CCCCCCC. The largest absolute Gasteiger partial charge is 0.462 e. The van der Waals surface area contributed by atoms with Crippen molar-refractivity contribution in [2.24, 2.45) is 0 Å². The standard InChI is InChI=1S/C68H118O6/c1-4-7-10-13-16-19-22-25-27-28-29-30-31-32-33-34-35-36-37-38-39-40-42-43-46-49-52-55-58-61-67(70)73-64-65(63-72-66(69)60-57-54-51-48-45-24-21-18-15-12-9-6-3)74-68(71)62-59-56-53-50-47-44-41-26-23-20-17-14-11-8-5-2/h8,11,17,20,22,25-26,28-29,41,47,50,56,59,65H,4-7,9-10,12-16,18-19,21,23-24,27,30-40,42-46,48-49,51-55,57-58,60-64H2,1-3H3/b11-8-,20-17-,25-22-,29-28-,41-26-,50-47-,59-56-. The fraction of sp³-hybridized carbons (Fsp3) is 0.750. The summed E-state index contributed by atoms with van der Waals surface area (Å²) < 4.78 is 16.8. The van der Waals surface area contributed by atoms with E-state index in [1.807, 2.05) is 6.08 Å². The molecule has 0 aliphatic rings. The maximum absolute atomic E-state index is 12.8. The van der Waals surface area contributed by atoms with E-state index in [-0.39, 0.29) is 31.6 Å². The number of hydrogen-bond donors (Lipinski definition) is 0. The van der Waals surface area contributed by atoms with E-state index in [0.29, 0.717) is 12.8 Å². The van der Waals surface area contributed by atoms with E-state index in [4.69, 9.17) is 14.2 Å². The second-order valence-electron chi connectivity index (χ2n) is 21.0. The Hall–Kier alpha value is -3.41. The summed E-state index contributed by atoms with van der Waals surface area (Å²) in [6.45, 7) is 6.45. The van der Waals surface area contributed by atoms with Gasteiger partial charge in [0.05, 0.1) is 6.42 Å². The van der Waals surface area contributed by atoms with Gasteiger partial charge in [-0.3, -0.25) is 14.4 Å². The molecule has 0 bridgehead atoms. The van der Waals surface area contributed by atoms with Crippen LogP contribution in [0.2, 0.25) is 0 Å². The van der Waals surface area contributed by atoms with E-state index >= 15 is 0 Å². The molecule has 0 N–H and O–H groups in total. The first-order valence-corrected chi connectivity index (χ1v) is 31.6. The van der Waals surface area contributed by atoms with E-state index in [0.717, 1.165) is 77.0 Å². The Morgan fingerprint density at radius 3 is 0.892 bits per heavy atom. The lowest BCUT2D eigenvalue weighted by Gasteiger charge is -2.18. The van der Waals surface area contributed by atoms with Gasteiger partial charge in [-0.2, -0.15) is 0 Å². The van der Waals surface area contributed by atoms with Gasteiger partial charge in [0, 0.05) is 12.8 Å². The monoisotopic (exact) mass is 1030 g/mol. The summed E-state index contributed by atoms with van der Waals surface area (Å²) in [5, 5.41) is 0. The molecule has 0 heterocycles. The predicted octanol–water partition coefficient (Wildman–Crippen LogP) is 21.5. The van der Waals surface area contributed by atoms with Gasteiger partial charge >= 0.3 is 17.9 Å². The third-order valence-corrected chi connectivity index (χ3v) is 13.7. The van der Waals surface area contributed by atoms with Crippen LogP contribution < -0.4 is 0 Å². The average molecular weight is 1030 g/mol. The molecule has 426 valence electrons. The zero-order valence-electron chi connectivity index (χ0n) is 48.8. The number of ether oxygens (including phenoxy) is 3. The topological polar surface area (TPSA) is 78.9 Å². The van der Waals surface area contributed by atoms with Gasteiger partial charge in [0.25, 0.3) is 0 Å². The second kappa shape index (κ2) is 62.1. The Balaban J connectivity index is 4.24. The van der Waals surface area contributed by atoms with Crippen LogP contribution >= 0.6 is 0 Å². The molecule has 0 aromatic carbocycles. The van der Waals surface area contributed by atoms with Gasteiger partial charge < -0.3 is 14.2 Å². The Morgan fingerprint density at radius 2 is 0.568 bits per heavy atom. The predicted molar refractivity (Wildman–Crippen MR) is 321 cm³/mol. The summed E-state index contributed by atoms with van der Waals surface area (Å²) in [6.07, 6.45) is 82.0. The highest BCUT2D eigenvalue weighted by molar-refractivity contribution is 5.72. The second-order valence-corrected chi connectivity index (χ2v) is 21.0. The van der Waals surface area contributed by atoms with Crippen LogP contribution in [0.15, 0.2) is 85.1 Å². The zero-order chi connectivity index (χ0) is 53.6. The zero-order valence-corrected chi connectivity index (χ0v) is 48.8. The third-order valence-electron chi connectivity index (χ3n) is 13.7. The van der Waals surface area contributed by atoms with Gasteiger partial charge in [0.2, 0.25) is 0 Å². The lowest BCUT2D eigenvalue weighted by molar-refractivity contribution is -0.166. The fourth-order valence-electron chi connectivity index (χ4n) is 8.96. The molecule has 1 atom stereocenters. The van der Waals surface area contributed by atoms with Gasteiger partial charge in [-0.15, -0.1) is 0 Å². The minimum Gasteiger partial charge on any atom is -0.462 e. The molecular formula is C68H118O6. The number of allylic oxidation sites excluding steroid dienone is 13. The highest BCUT2D eigenvalue weighted by atomic mass is 16.6. The summed E-state index contributed by atoms with van der Waals surface area (Å²) in [7, 11) is 0. The van der Waals surface area contributed by atoms with Gasteiger partial charge in [0.15, 0.2) is 6.10 Å². The van der Waals surface area contributed by atoms with Crippen molar-refractivity contribution in [3.63, 3.8) is 0 Å². The van der Waals surface area contributed by atoms with Crippen molar-refractivity contribution in [2.75, 3.05) is 13.2 Å². The van der Waals surface area contributed by atoms with Crippen LogP contribution in [0.1, 0.15) is 310 Å². The average Bonchev–Trinajstić information content (AvgIpc) is 3.40. The molecule has 0 radical (unpaired) electrons. The Bertz CT molecular complexity index is 1420. The first-order valence-electron chi connectivity index (χ1n) is 31.6. The maximum Gasteiger partial charge on any atom is 0.310 e. The first kappa shape index (κ1) is 70.6. The van der Waals surface area contributed by atoms with Crippen LogP contribution in [-0.4, -0.2) is 37.2 Å². The van der Waals surface area contributed by atoms with Crippen LogP contribution in [0.4, 0.5) is 0 Å². The van der Waals surface area contributed by atoms with Crippen molar-refractivity contribution in [3.05, 3.63) is 85.1 Å². The van der Waals surface area contributed by atoms with E-state index in [2.05, 4.69) is 93.7 Å². The van der Waals surface area contributed by atoms with Gasteiger partial charge in [-0.05, 0) is 77.0 Å². The van der Waals surface area contributed by atoms with Crippen LogP contribution in [0.3, 0.4) is 0 Å². The molecule has 0 aliphatic heterocycles. The highest BCUT2D eigenvalue weighted by Gasteiger charge is 2.19. The van der Waals surface area contributed by atoms with Crippen molar-refractivity contribution in [2.45, 2.75) is 316 Å². The molecule has 6 nitrogen and oxygen atoms in total. The quantitative estimate of drug-likeness (QED) is 0.0261. The molecular weight excluding hydrogens is 913 g/mol. The number of rotatable bonds is 57. The number of esters is 3. The summed E-state index contributed by atoms with van der Waals surface area (Å²) in [6, 6.07) is 0. The third kappa shape index (κ3) is 59.5. The molecule has 0 amide bonds. The van der Waals surface area contributed by atoms with Crippen LogP contribution in [0.5, 0.6) is 0 Å². The van der Waals surface area contributed by atoms with E-state index in [1.54, 1.807) is 6.08 Å². The molecule has 0 rings (SSSR count). The summed E-state index contributed by atoms with van der Waals surface area (Å²) in [5.74, 6) is -1.03. The molecule has 6 heteroatoms. The van der Waals surface area contributed by atoms with Crippen molar-refractivity contribution >= 4 is 17.9 Å². The normalized spacial score (nSPS) is 12.6. The Labute approximate surface area is 458 Å². The summed E-state index contributed by atoms with van der Waals surface area (Å²) in [4.78, 5) is 38.1. The maximum atomic E-state index is 12.8. The smallest absolute Gasteiger partial charge is 0.310 e. The number of carbonyl (C=O) groups excluding carboxylic acids is 3. The molecule has 0 saturated carbocycles. The fourth-order valence-corrected chi connectivity index (χ4v) is 8.96. The van der Waals surface area contributed by atoms with Crippen LogP contribution in [-0.2, 0) is 28.6 Å². The minimum absolute atomic E-state index is 0.0992. The molecule has 0 fully saturated rings. The van der Waals surface area contributed by atoms with E-state index < -0.39 is 12.1 Å². The summed E-state index contributed by atoms with van der Waals surface area (Å²) >= 11 is 0. The van der Waals surface area contributed by atoms with E-state index in [9.17, 15) is 14.4 Å². The lowest BCUT2D eigenvalue weighted by Crippen LogP contribution is -2.30. The van der Waals surface area contributed by atoms with Crippen LogP contribution in [0, 0.1) is 0 Å². The molecule has 0 aliphatic carbocycles. The molecule has 0 aromatic rings. The molecule has 0 spiro atoms. The van der Waals surface area contributed by atoms with Crippen molar-refractivity contribution in [1.82, 2.24) is 0 Å². The lowest BCUT2D eigenvalue weighted by atomic mass is 10.0. The Kier molecular flexibility index (Phi) is 59.3. The number of carbonyl (C=O) groups is 3. The molecule has 1 unspecified atom stereocenters. The van der Waals surface area contributed by atoms with Gasteiger partial charge in [-0.25, -0.2) is 0 Å². The Morgan fingerprint density at radius 1 is 0.297 bits per heavy atom. The summed E-state index contributed by atoms with van der Waals surface area (Å²) in [5.41, 5.74) is 0. The van der Waals surface area contributed by atoms with E-state index in [1.165, 1.54) is 193 Å².